The fourth-order valence-corrected chi connectivity index (χ4v) is 2.60. The molecule has 0 amide bonds. The van der Waals surface area contributed by atoms with Gasteiger partial charge in [0.2, 0.25) is 0 Å². The van der Waals surface area contributed by atoms with Crippen molar-refractivity contribution in [2.75, 3.05) is 13.2 Å². The van der Waals surface area contributed by atoms with Gasteiger partial charge in [-0.15, -0.1) is 0 Å². The van der Waals surface area contributed by atoms with Crippen LogP contribution in [0.3, 0.4) is 0 Å². The highest BCUT2D eigenvalue weighted by Crippen LogP contribution is 2.42. The second-order valence-corrected chi connectivity index (χ2v) is 4.73. The van der Waals surface area contributed by atoms with Crippen molar-refractivity contribution in [2.24, 2.45) is 11.3 Å². The Balaban J connectivity index is 2.57. The molecule has 1 saturated carbocycles. The van der Waals surface area contributed by atoms with E-state index in [-0.39, 0.29) is 0 Å². The first-order valence-electron chi connectivity index (χ1n) is 5.92. The lowest BCUT2D eigenvalue weighted by Gasteiger charge is -2.36. The molecule has 3 heteroatoms. The summed E-state index contributed by atoms with van der Waals surface area (Å²) in [4.78, 5) is 11.4. The predicted octanol–water partition coefficient (Wildman–Crippen LogP) is 2.69. The molecule has 0 aromatic rings. The topological polar surface area (TPSA) is 46.5 Å². The van der Waals surface area contributed by atoms with Gasteiger partial charge in [-0.25, -0.2) is 0 Å². The molecule has 0 heterocycles. The lowest BCUT2D eigenvalue weighted by Crippen LogP contribution is -2.37. The molecule has 1 N–H and O–H groups in total. The van der Waals surface area contributed by atoms with E-state index >= 15 is 0 Å². The largest absolute Gasteiger partial charge is 0.481 e. The number of rotatable bonds is 5. The van der Waals surface area contributed by atoms with Crippen LogP contribution >= 0.6 is 0 Å². The molecule has 0 aromatic carbocycles. The van der Waals surface area contributed by atoms with E-state index in [1.165, 1.54) is 6.42 Å². The Labute approximate surface area is 91.8 Å². The third kappa shape index (κ3) is 3.20. The minimum absolute atomic E-state index is 0.507. The zero-order chi connectivity index (χ0) is 11.3. The van der Waals surface area contributed by atoms with Crippen LogP contribution in [0.25, 0.3) is 0 Å². The molecule has 0 saturated heterocycles. The van der Waals surface area contributed by atoms with Crippen LogP contribution in [-0.4, -0.2) is 24.3 Å². The van der Waals surface area contributed by atoms with Crippen molar-refractivity contribution < 1.29 is 14.6 Å². The van der Waals surface area contributed by atoms with E-state index in [0.29, 0.717) is 25.6 Å². The zero-order valence-corrected chi connectivity index (χ0v) is 9.79. The van der Waals surface area contributed by atoms with Crippen molar-refractivity contribution in [2.45, 2.75) is 46.0 Å². The Hall–Kier alpha value is -0.570. The van der Waals surface area contributed by atoms with Gasteiger partial charge in [-0.2, -0.15) is 0 Å². The molecule has 0 spiro atoms. The molecular formula is C12H22O3. The third-order valence-corrected chi connectivity index (χ3v) is 3.47. The second kappa shape index (κ2) is 5.50. The van der Waals surface area contributed by atoms with E-state index in [9.17, 15) is 9.90 Å². The zero-order valence-electron chi connectivity index (χ0n) is 9.79. The molecule has 3 nitrogen and oxygen atoms in total. The van der Waals surface area contributed by atoms with Gasteiger partial charge in [-0.1, -0.05) is 19.8 Å². The van der Waals surface area contributed by atoms with Gasteiger partial charge in [0.05, 0.1) is 5.41 Å². The molecule has 0 aliphatic heterocycles. The predicted molar refractivity (Wildman–Crippen MR) is 58.8 cm³/mol. The maximum atomic E-state index is 11.4. The first kappa shape index (κ1) is 12.5. The van der Waals surface area contributed by atoms with Crippen LogP contribution in [0, 0.1) is 11.3 Å². The molecule has 2 atom stereocenters. The van der Waals surface area contributed by atoms with Crippen molar-refractivity contribution in [3.05, 3.63) is 0 Å². The lowest BCUT2D eigenvalue weighted by molar-refractivity contribution is -0.153. The molecule has 0 radical (unpaired) electrons. The Morgan fingerprint density at radius 2 is 2.33 bits per heavy atom. The highest BCUT2D eigenvalue weighted by atomic mass is 16.5. The van der Waals surface area contributed by atoms with Gasteiger partial charge in [0, 0.05) is 13.2 Å². The minimum Gasteiger partial charge on any atom is -0.481 e. The van der Waals surface area contributed by atoms with Crippen LogP contribution in [0.4, 0.5) is 0 Å². The summed E-state index contributed by atoms with van der Waals surface area (Å²) in [7, 11) is 0. The van der Waals surface area contributed by atoms with Gasteiger partial charge < -0.3 is 9.84 Å². The monoisotopic (exact) mass is 214 g/mol. The average Bonchev–Trinajstić information content (AvgIpc) is 2.18. The summed E-state index contributed by atoms with van der Waals surface area (Å²) in [6.45, 7) is 5.34. The standard InChI is InChI=1S/C12H22O3/c1-3-15-8-7-12(11(13)14)6-4-5-10(2)9-12/h10H,3-9H2,1-2H3,(H,13,14). The van der Waals surface area contributed by atoms with E-state index in [0.717, 1.165) is 19.3 Å². The van der Waals surface area contributed by atoms with Gasteiger partial charge >= 0.3 is 5.97 Å². The summed E-state index contributed by atoms with van der Waals surface area (Å²) >= 11 is 0. The molecule has 1 fully saturated rings. The van der Waals surface area contributed by atoms with Crippen molar-refractivity contribution in [3.63, 3.8) is 0 Å². The number of hydrogen-bond acceptors (Lipinski definition) is 2. The molecule has 15 heavy (non-hydrogen) atoms. The maximum absolute atomic E-state index is 11.4. The number of carboxylic acids is 1. The molecule has 1 aliphatic rings. The van der Waals surface area contributed by atoms with E-state index in [4.69, 9.17) is 4.74 Å². The summed E-state index contributed by atoms with van der Waals surface area (Å²) in [6, 6.07) is 0. The average molecular weight is 214 g/mol. The molecule has 2 unspecified atom stereocenters. The number of carbonyl (C=O) groups is 1. The lowest BCUT2D eigenvalue weighted by atomic mass is 9.68. The Morgan fingerprint density at radius 3 is 2.87 bits per heavy atom. The number of ether oxygens (including phenoxy) is 1. The van der Waals surface area contributed by atoms with Crippen molar-refractivity contribution in [1.82, 2.24) is 0 Å². The van der Waals surface area contributed by atoms with Gasteiger partial charge in [0.15, 0.2) is 0 Å². The number of hydrogen-bond donors (Lipinski definition) is 1. The summed E-state index contributed by atoms with van der Waals surface area (Å²) in [5.74, 6) is -0.0924. The van der Waals surface area contributed by atoms with Gasteiger partial charge in [-0.05, 0) is 32.1 Å². The maximum Gasteiger partial charge on any atom is 0.309 e. The summed E-state index contributed by atoms with van der Waals surface area (Å²) < 4.78 is 5.28. The minimum atomic E-state index is -0.631. The first-order valence-corrected chi connectivity index (χ1v) is 5.92. The molecule has 0 aromatic heterocycles. The van der Waals surface area contributed by atoms with Crippen LogP contribution in [0.2, 0.25) is 0 Å². The normalized spacial score (nSPS) is 31.5. The molecule has 1 aliphatic carbocycles. The molecule has 88 valence electrons. The van der Waals surface area contributed by atoms with Gasteiger partial charge in [0.1, 0.15) is 0 Å². The highest BCUT2D eigenvalue weighted by molar-refractivity contribution is 5.74. The van der Waals surface area contributed by atoms with E-state index in [2.05, 4.69) is 6.92 Å². The van der Waals surface area contributed by atoms with Crippen LogP contribution in [0.5, 0.6) is 0 Å². The smallest absolute Gasteiger partial charge is 0.309 e. The fourth-order valence-electron chi connectivity index (χ4n) is 2.60. The number of aliphatic carboxylic acids is 1. The number of carboxylic acid groups (broad SMARTS) is 1. The van der Waals surface area contributed by atoms with Crippen molar-refractivity contribution in [3.8, 4) is 0 Å². The molecular weight excluding hydrogens is 192 g/mol. The molecule has 1 rings (SSSR count). The van der Waals surface area contributed by atoms with Crippen LogP contribution in [0.15, 0.2) is 0 Å². The Bertz CT molecular complexity index is 215. The summed E-state index contributed by atoms with van der Waals surface area (Å²) in [6.07, 6.45) is 4.51. The Kier molecular flexibility index (Phi) is 4.58. The molecule has 0 bridgehead atoms. The van der Waals surface area contributed by atoms with E-state index < -0.39 is 11.4 Å². The van der Waals surface area contributed by atoms with E-state index in [1.807, 2.05) is 6.92 Å². The quantitative estimate of drug-likeness (QED) is 0.716. The SMILES string of the molecule is CCOCCC1(C(=O)O)CCCC(C)C1. The highest BCUT2D eigenvalue weighted by Gasteiger charge is 2.41. The van der Waals surface area contributed by atoms with Crippen LogP contribution in [0.1, 0.15) is 46.0 Å². The van der Waals surface area contributed by atoms with Gasteiger partial charge in [0.25, 0.3) is 0 Å². The van der Waals surface area contributed by atoms with Gasteiger partial charge in [-0.3, -0.25) is 4.79 Å². The fraction of sp³-hybridized carbons (Fsp3) is 0.917. The summed E-state index contributed by atoms with van der Waals surface area (Å²) in [5.41, 5.74) is -0.507. The first-order chi connectivity index (χ1) is 7.10. The Morgan fingerprint density at radius 1 is 1.60 bits per heavy atom. The summed E-state index contributed by atoms with van der Waals surface area (Å²) in [5, 5.41) is 9.35. The van der Waals surface area contributed by atoms with Crippen LogP contribution < -0.4 is 0 Å². The van der Waals surface area contributed by atoms with Crippen molar-refractivity contribution >= 4 is 5.97 Å². The third-order valence-electron chi connectivity index (χ3n) is 3.47. The van der Waals surface area contributed by atoms with E-state index in [1.54, 1.807) is 0 Å². The van der Waals surface area contributed by atoms with Crippen molar-refractivity contribution in [1.29, 1.82) is 0 Å². The second-order valence-electron chi connectivity index (χ2n) is 4.73. The van der Waals surface area contributed by atoms with Crippen LogP contribution in [-0.2, 0) is 9.53 Å².